The molecule has 0 saturated heterocycles. The molecule has 1 amide bonds. The molecule has 2 aromatic carbocycles. The molecule has 4 nitrogen and oxygen atoms in total. The van der Waals surface area contributed by atoms with Crippen LogP contribution >= 0.6 is 0 Å². The van der Waals surface area contributed by atoms with Gasteiger partial charge in [-0.1, -0.05) is 42.5 Å². The summed E-state index contributed by atoms with van der Waals surface area (Å²) in [7, 11) is 0. The fourth-order valence-corrected chi connectivity index (χ4v) is 2.03. The van der Waals surface area contributed by atoms with Gasteiger partial charge < -0.3 is 0 Å². The summed E-state index contributed by atoms with van der Waals surface area (Å²) in [6.45, 7) is 1.53. The van der Waals surface area contributed by atoms with E-state index in [0.717, 1.165) is 16.9 Å². The third-order valence-electron chi connectivity index (χ3n) is 2.93. The van der Waals surface area contributed by atoms with Crippen molar-refractivity contribution < 1.29 is 4.79 Å². The van der Waals surface area contributed by atoms with Crippen molar-refractivity contribution in [1.29, 1.82) is 0 Å². The maximum Gasteiger partial charge on any atom is 0.242 e. The van der Waals surface area contributed by atoms with Crippen LogP contribution in [0.4, 0.5) is 11.4 Å². The second-order valence-electron chi connectivity index (χ2n) is 4.28. The van der Waals surface area contributed by atoms with E-state index in [0.29, 0.717) is 5.84 Å². The average Bonchev–Trinajstić information content (AvgIpc) is 2.47. The molecule has 3 rings (SSSR count). The van der Waals surface area contributed by atoms with Crippen molar-refractivity contribution in [2.24, 2.45) is 4.99 Å². The van der Waals surface area contributed by atoms with Crippen LogP contribution in [0.5, 0.6) is 0 Å². The molecule has 4 heteroatoms. The van der Waals surface area contributed by atoms with E-state index in [-0.39, 0.29) is 5.91 Å². The van der Waals surface area contributed by atoms with Gasteiger partial charge in [0.15, 0.2) is 5.84 Å². The minimum atomic E-state index is -0.0734. The Morgan fingerprint density at radius 2 is 1.74 bits per heavy atom. The van der Waals surface area contributed by atoms with E-state index in [1.807, 2.05) is 54.6 Å². The molecule has 1 heterocycles. The predicted octanol–water partition coefficient (Wildman–Crippen LogP) is 2.64. The van der Waals surface area contributed by atoms with E-state index in [9.17, 15) is 4.79 Å². The highest BCUT2D eigenvalue weighted by Crippen LogP contribution is 2.30. The third-order valence-corrected chi connectivity index (χ3v) is 2.93. The Kier molecular flexibility index (Phi) is 2.76. The highest BCUT2D eigenvalue weighted by molar-refractivity contribution is 6.08. The highest BCUT2D eigenvalue weighted by atomic mass is 16.2. The van der Waals surface area contributed by atoms with Gasteiger partial charge >= 0.3 is 0 Å². The quantitative estimate of drug-likeness (QED) is 0.846. The van der Waals surface area contributed by atoms with Crippen molar-refractivity contribution in [2.75, 3.05) is 5.01 Å². The van der Waals surface area contributed by atoms with E-state index < -0.39 is 0 Å². The smallest absolute Gasteiger partial charge is 0.242 e. The zero-order chi connectivity index (χ0) is 13.2. The fraction of sp³-hybridized carbons (Fsp3) is 0.0667. The van der Waals surface area contributed by atoms with Gasteiger partial charge in [-0.2, -0.15) is 0 Å². The molecule has 1 aliphatic rings. The average molecular weight is 251 g/mol. The molecule has 0 spiro atoms. The first kappa shape index (κ1) is 11.5. The van der Waals surface area contributed by atoms with Crippen LogP contribution in [0.3, 0.4) is 0 Å². The molecule has 0 atom stereocenters. The molecule has 0 saturated carbocycles. The number of nitrogens with one attached hydrogen (secondary N) is 1. The molecular formula is C15H13N3O. The molecule has 0 unspecified atom stereocenters. The van der Waals surface area contributed by atoms with Crippen LogP contribution in [-0.2, 0) is 4.79 Å². The number of hydrogen-bond acceptors (Lipinski definition) is 3. The van der Waals surface area contributed by atoms with Crippen LogP contribution in [0, 0.1) is 0 Å². The number of rotatable bonds is 1. The van der Waals surface area contributed by atoms with Crippen LogP contribution in [0.2, 0.25) is 0 Å². The van der Waals surface area contributed by atoms with Crippen molar-refractivity contribution in [3.05, 3.63) is 60.2 Å². The second-order valence-corrected chi connectivity index (χ2v) is 4.28. The molecule has 0 bridgehead atoms. The lowest BCUT2D eigenvalue weighted by Gasteiger charge is -2.29. The third kappa shape index (κ3) is 2.08. The van der Waals surface area contributed by atoms with Gasteiger partial charge in [-0.15, -0.1) is 0 Å². The summed E-state index contributed by atoms with van der Waals surface area (Å²) in [6.07, 6.45) is 0. The Bertz CT molecular complexity index is 649. The van der Waals surface area contributed by atoms with Crippen LogP contribution < -0.4 is 10.4 Å². The lowest BCUT2D eigenvalue weighted by Crippen LogP contribution is -2.47. The summed E-state index contributed by atoms with van der Waals surface area (Å²) in [5, 5.41) is 1.52. The number of carbonyl (C=O) groups is 1. The lowest BCUT2D eigenvalue weighted by molar-refractivity contribution is -0.117. The van der Waals surface area contributed by atoms with Crippen LogP contribution in [-0.4, -0.2) is 11.7 Å². The first-order chi connectivity index (χ1) is 9.25. The molecule has 1 N–H and O–H groups in total. The number of fused-ring (bicyclic) bond motifs is 1. The second kappa shape index (κ2) is 4.57. The maximum absolute atomic E-state index is 11.7. The Labute approximate surface area is 111 Å². The monoisotopic (exact) mass is 251 g/mol. The van der Waals surface area contributed by atoms with Gasteiger partial charge in [-0.3, -0.25) is 10.2 Å². The predicted molar refractivity (Wildman–Crippen MR) is 75.4 cm³/mol. The van der Waals surface area contributed by atoms with Gasteiger partial charge in [-0.05, 0) is 12.1 Å². The largest absolute Gasteiger partial charge is 0.274 e. The van der Waals surface area contributed by atoms with E-state index >= 15 is 0 Å². The Hall–Kier alpha value is -2.62. The number of hydrogen-bond donors (Lipinski definition) is 1. The normalized spacial score (nSPS) is 13.3. The summed E-state index contributed by atoms with van der Waals surface area (Å²) in [6, 6.07) is 17.3. The Balaban J connectivity index is 2.10. The van der Waals surface area contributed by atoms with Gasteiger partial charge in [0, 0.05) is 12.5 Å². The highest BCUT2D eigenvalue weighted by Gasteiger charge is 2.22. The van der Waals surface area contributed by atoms with Crippen molar-refractivity contribution in [2.45, 2.75) is 6.92 Å². The zero-order valence-electron chi connectivity index (χ0n) is 10.5. The van der Waals surface area contributed by atoms with E-state index in [1.165, 1.54) is 11.9 Å². The molecule has 94 valence electrons. The van der Waals surface area contributed by atoms with Crippen molar-refractivity contribution in [3.8, 4) is 0 Å². The lowest BCUT2D eigenvalue weighted by atomic mass is 10.2. The zero-order valence-corrected chi connectivity index (χ0v) is 10.5. The van der Waals surface area contributed by atoms with Gasteiger partial charge in [0.1, 0.15) is 0 Å². The SMILES string of the molecule is CC(=O)N1NC(c2ccccc2)=Nc2ccccc21. The van der Waals surface area contributed by atoms with E-state index in [4.69, 9.17) is 0 Å². The topological polar surface area (TPSA) is 44.7 Å². The molecule has 1 aliphatic heterocycles. The molecule has 0 aliphatic carbocycles. The van der Waals surface area contributed by atoms with Crippen molar-refractivity contribution in [1.82, 2.24) is 5.43 Å². The van der Waals surface area contributed by atoms with Crippen LogP contribution in [0.1, 0.15) is 12.5 Å². The minimum absolute atomic E-state index is 0.0734. The number of anilines is 1. The van der Waals surface area contributed by atoms with Gasteiger partial charge in [0.2, 0.25) is 5.91 Å². The number of para-hydroxylation sites is 2. The van der Waals surface area contributed by atoms with Crippen molar-refractivity contribution in [3.63, 3.8) is 0 Å². The Morgan fingerprint density at radius 1 is 1.05 bits per heavy atom. The number of hydrazine groups is 1. The summed E-state index contributed by atoms with van der Waals surface area (Å²) < 4.78 is 0. The van der Waals surface area contributed by atoms with Gasteiger partial charge in [0.05, 0.1) is 11.4 Å². The number of amidine groups is 1. The van der Waals surface area contributed by atoms with E-state index in [2.05, 4.69) is 10.4 Å². The molecular weight excluding hydrogens is 238 g/mol. The molecule has 0 aromatic heterocycles. The first-order valence-electron chi connectivity index (χ1n) is 6.06. The standard InChI is InChI=1S/C15H13N3O/c1-11(19)18-14-10-6-5-9-13(14)16-15(17-18)12-7-3-2-4-8-12/h2-10H,1H3,(H,16,17). The molecule has 19 heavy (non-hydrogen) atoms. The van der Waals surface area contributed by atoms with Crippen LogP contribution in [0.25, 0.3) is 0 Å². The summed E-state index contributed by atoms with van der Waals surface area (Å²) in [4.78, 5) is 16.3. The number of carbonyl (C=O) groups excluding carboxylic acids is 1. The first-order valence-corrected chi connectivity index (χ1v) is 6.06. The van der Waals surface area contributed by atoms with E-state index in [1.54, 1.807) is 0 Å². The molecule has 2 aromatic rings. The van der Waals surface area contributed by atoms with Gasteiger partial charge in [-0.25, -0.2) is 10.0 Å². The summed E-state index contributed by atoms with van der Waals surface area (Å²) in [5.41, 5.74) is 5.57. The summed E-state index contributed by atoms with van der Waals surface area (Å²) >= 11 is 0. The number of benzene rings is 2. The molecule has 0 radical (unpaired) electrons. The Morgan fingerprint density at radius 3 is 2.47 bits per heavy atom. The maximum atomic E-state index is 11.7. The molecule has 0 fully saturated rings. The van der Waals surface area contributed by atoms with Gasteiger partial charge in [0.25, 0.3) is 0 Å². The van der Waals surface area contributed by atoms with Crippen LogP contribution in [0.15, 0.2) is 59.6 Å². The number of amides is 1. The number of aliphatic imine (C=N–C) groups is 1. The summed E-state index contributed by atoms with van der Waals surface area (Å²) in [5.74, 6) is 0.602. The number of nitrogens with zero attached hydrogens (tertiary/aromatic N) is 2. The van der Waals surface area contributed by atoms with Crippen molar-refractivity contribution >= 4 is 23.1 Å². The minimum Gasteiger partial charge on any atom is -0.274 e. The fourth-order valence-electron chi connectivity index (χ4n) is 2.03.